The van der Waals surface area contributed by atoms with Gasteiger partial charge in [-0.3, -0.25) is 0 Å². The van der Waals surface area contributed by atoms with E-state index < -0.39 is 0 Å². The molecule has 0 bridgehead atoms. The van der Waals surface area contributed by atoms with Gasteiger partial charge in [0.25, 0.3) is 0 Å². The Balaban J connectivity index is 3.94. The van der Waals surface area contributed by atoms with Crippen molar-refractivity contribution in [3.8, 4) is 0 Å². The number of hydrogen-bond donors (Lipinski definition) is 0. The third-order valence-electron chi connectivity index (χ3n) is 3.41. The third kappa shape index (κ3) is 5.33. The van der Waals surface area contributed by atoms with Gasteiger partial charge in [-0.1, -0.05) is 54.4 Å². The molecule has 0 radical (unpaired) electrons. The van der Waals surface area contributed by atoms with Crippen molar-refractivity contribution >= 4 is 0 Å². The fourth-order valence-electron chi connectivity index (χ4n) is 1.84. The first kappa shape index (κ1) is 13.0. The van der Waals surface area contributed by atoms with Crippen LogP contribution in [-0.4, -0.2) is 0 Å². The van der Waals surface area contributed by atoms with E-state index in [9.17, 15) is 0 Å². The fourth-order valence-corrected chi connectivity index (χ4v) is 1.84. The Morgan fingerprint density at radius 1 is 0.846 bits per heavy atom. The molecule has 0 saturated heterocycles. The third-order valence-corrected chi connectivity index (χ3v) is 3.41. The SMILES string of the molecule is CCCC(CC(C)C(C)C)C(C)C. The van der Waals surface area contributed by atoms with Crippen molar-refractivity contribution < 1.29 is 0 Å². The molecule has 80 valence electrons. The summed E-state index contributed by atoms with van der Waals surface area (Å²) in [5.41, 5.74) is 0. The second kappa shape index (κ2) is 6.45. The lowest BCUT2D eigenvalue weighted by molar-refractivity contribution is 0.252. The van der Waals surface area contributed by atoms with Crippen LogP contribution in [0.1, 0.15) is 60.8 Å². The van der Waals surface area contributed by atoms with Gasteiger partial charge >= 0.3 is 0 Å². The van der Waals surface area contributed by atoms with Gasteiger partial charge in [0.15, 0.2) is 0 Å². The zero-order chi connectivity index (χ0) is 10.4. The molecule has 2 atom stereocenters. The van der Waals surface area contributed by atoms with Gasteiger partial charge in [0.05, 0.1) is 0 Å². The number of hydrogen-bond acceptors (Lipinski definition) is 0. The average Bonchev–Trinajstić information content (AvgIpc) is 2.03. The first-order valence-electron chi connectivity index (χ1n) is 5.99. The predicted molar refractivity (Wildman–Crippen MR) is 61.9 cm³/mol. The maximum Gasteiger partial charge on any atom is -0.0389 e. The highest BCUT2D eigenvalue weighted by Crippen LogP contribution is 2.28. The Kier molecular flexibility index (Phi) is 6.45. The normalized spacial score (nSPS) is 16.6. The standard InChI is InChI=1S/C13H28/c1-7-8-13(11(4)5)9-12(6)10(2)3/h10-13H,7-9H2,1-6H3. The molecule has 0 aromatic heterocycles. The van der Waals surface area contributed by atoms with Gasteiger partial charge < -0.3 is 0 Å². The van der Waals surface area contributed by atoms with Crippen molar-refractivity contribution in [2.45, 2.75) is 60.8 Å². The highest BCUT2D eigenvalue weighted by atomic mass is 14.2. The molecule has 0 heterocycles. The lowest BCUT2D eigenvalue weighted by Gasteiger charge is -2.25. The van der Waals surface area contributed by atoms with Crippen LogP contribution in [0, 0.1) is 23.7 Å². The molecular weight excluding hydrogens is 156 g/mol. The van der Waals surface area contributed by atoms with E-state index in [0.717, 1.165) is 23.7 Å². The molecule has 0 fully saturated rings. The van der Waals surface area contributed by atoms with Crippen LogP contribution in [0.25, 0.3) is 0 Å². The summed E-state index contributed by atoms with van der Waals surface area (Å²) in [4.78, 5) is 0. The zero-order valence-corrected chi connectivity index (χ0v) is 10.4. The molecule has 0 heteroatoms. The fraction of sp³-hybridized carbons (Fsp3) is 1.00. The van der Waals surface area contributed by atoms with E-state index in [1.807, 2.05) is 0 Å². The van der Waals surface area contributed by atoms with Crippen LogP contribution in [0.15, 0.2) is 0 Å². The summed E-state index contributed by atoms with van der Waals surface area (Å²) < 4.78 is 0. The van der Waals surface area contributed by atoms with Crippen LogP contribution in [0.4, 0.5) is 0 Å². The molecule has 13 heavy (non-hydrogen) atoms. The van der Waals surface area contributed by atoms with Crippen LogP contribution in [0.5, 0.6) is 0 Å². The second-order valence-corrected chi connectivity index (χ2v) is 5.25. The van der Waals surface area contributed by atoms with Gasteiger partial charge in [0, 0.05) is 0 Å². The van der Waals surface area contributed by atoms with Gasteiger partial charge in [-0.15, -0.1) is 0 Å². The van der Waals surface area contributed by atoms with Crippen LogP contribution in [0.3, 0.4) is 0 Å². The molecule has 0 nitrogen and oxygen atoms in total. The minimum Gasteiger partial charge on any atom is -0.0654 e. The quantitative estimate of drug-likeness (QED) is 0.559. The monoisotopic (exact) mass is 184 g/mol. The first-order chi connectivity index (χ1) is 5.99. The molecular formula is C13H28. The maximum absolute atomic E-state index is 2.40. The van der Waals surface area contributed by atoms with Gasteiger partial charge in [0.1, 0.15) is 0 Å². The van der Waals surface area contributed by atoms with Crippen molar-refractivity contribution in [1.29, 1.82) is 0 Å². The lowest BCUT2D eigenvalue weighted by Crippen LogP contribution is -2.15. The predicted octanol–water partition coefficient (Wildman–Crippen LogP) is 4.74. The summed E-state index contributed by atoms with van der Waals surface area (Å²) in [7, 11) is 0. The van der Waals surface area contributed by atoms with Gasteiger partial charge in [-0.2, -0.15) is 0 Å². The molecule has 0 aromatic rings. The van der Waals surface area contributed by atoms with E-state index in [-0.39, 0.29) is 0 Å². The van der Waals surface area contributed by atoms with Gasteiger partial charge in [-0.25, -0.2) is 0 Å². The average molecular weight is 184 g/mol. The summed E-state index contributed by atoms with van der Waals surface area (Å²) in [6, 6.07) is 0. The van der Waals surface area contributed by atoms with Crippen molar-refractivity contribution in [2.24, 2.45) is 23.7 Å². The van der Waals surface area contributed by atoms with E-state index >= 15 is 0 Å². The van der Waals surface area contributed by atoms with E-state index in [4.69, 9.17) is 0 Å². The highest BCUT2D eigenvalue weighted by Gasteiger charge is 2.17. The topological polar surface area (TPSA) is 0 Å². The molecule has 0 aromatic carbocycles. The minimum atomic E-state index is 0.845. The second-order valence-electron chi connectivity index (χ2n) is 5.25. The Morgan fingerprint density at radius 2 is 1.38 bits per heavy atom. The lowest BCUT2D eigenvalue weighted by atomic mass is 9.80. The van der Waals surface area contributed by atoms with Crippen LogP contribution < -0.4 is 0 Å². The summed E-state index contributed by atoms with van der Waals surface area (Å²) >= 11 is 0. The van der Waals surface area contributed by atoms with Crippen LogP contribution >= 0.6 is 0 Å². The number of rotatable bonds is 6. The maximum atomic E-state index is 2.40. The van der Waals surface area contributed by atoms with Gasteiger partial charge in [-0.05, 0) is 30.1 Å². The largest absolute Gasteiger partial charge is 0.0654 e. The molecule has 0 rings (SSSR count). The van der Waals surface area contributed by atoms with Crippen molar-refractivity contribution in [3.63, 3.8) is 0 Å². The van der Waals surface area contributed by atoms with E-state index in [0.29, 0.717) is 0 Å². The summed E-state index contributed by atoms with van der Waals surface area (Å²) in [5.74, 6) is 3.54. The molecule has 0 saturated carbocycles. The minimum absolute atomic E-state index is 0.845. The van der Waals surface area contributed by atoms with Crippen molar-refractivity contribution in [2.75, 3.05) is 0 Å². The molecule has 0 N–H and O–H groups in total. The molecule has 0 aliphatic carbocycles. The van der Waals surface area contributed by atoms with E-state index in [1.165, 1.54) is 19.3 Å². The first-order valence-corrected chi connectivity index (χ1v) is 5.99. The molecule has 0 aliphatic heterocycles. The zero-order valence-electron chi connectivity index (χ0n) is 10.4. The smallest absolute Gasteiger partial charge is 0.0389 e. The molecule has 0 spiro atoms. The Morgan fingerprint density at radius 3 is 1.69 bits per heavy atom. The summed E-state index contributed by atoms with van der Waals surface area (Å²) in [6.45, 7) is 14.1. The highest BCUT2D eigenvalue weighted by molar-refractivity contribution is 4.68. The van der Waals surface area contributed by atoms with Crippen LogP contribution in [-0.2, 0) is 0 Å². The van der Waals surface area contributed by atoms with E-state index in [2.05, 4.69) is 41.5 Å². The molecule has 0 amide bonds. The van der Waals surface area contributed by atoms with E-state index in [1.54, 1.807) is 0 Å². The molecule has 0 aliphatic rings. The Bertz CT molecular complexity index is 113. The van der Waals surface area contributed by atoms with Crippen molar-refractivity contribution in [1.82, 2.24) is 0 Å². The Labute approximate surface area is 85.1 Å². The van der Waals surface area contributed by atoms with Crippen molar-refractivity contribution in [3.05, 3.63) is 0 Å². The van der Waals surface area contributed by atoms with Crippen LogP contribution in [0.2, 0.25) is 0 Å². The Hall–Kier alpha value is 0. The summed E-state index contributed by atoms with van der Waals surface area (Å²) in [6.07, 6.45) is 4.17. The molecule has 2 unspecified atom stereocenters. The van der Waals surface area contributed by atoms with Gasteiger partial charge in [0.2, 0.25) is 0 Å². The summed E-state index contributed by atoms with van der Waals surface area (Å²) in [5, 5.41) is 0.